The van der Waals surface area contributed by atoms with Gasteiger partial charge in [0.25, 0.3) is 0 Å². The Labute approximate surface area is 122 Å². The summed E-state index contributed by atoms with van der Waals surface area (Å²) in [5.74, 6) is 0. The molecule has 8 heteroatoms. The lowest BCUT2D eigenvalue weighted by Crippen LogP contribution is -2.00. The van der Waals surface area contributed by atoms with Crippen LogP contribution in [0.4, 0.5) is 0 Å². The van der Waals surface area contributed by atoms with Crippen molar-refractivity contribution in [3.05, 3.63) is 36.2 Å². The van der Waals surface area contributed by atoms with Crippen molar-refractivity contribution in [1.82, 2.24) is 29.9 Å². The summed E-state index contributed by atoms with van der Waals surface area (Å²) < 4.78 is 0. The van der Waals surface area contributed by atoms with E-state index in [9.17, 15) is 0 Å². The molecule has 0 aliphatic carbocycles. The van der Waals surface area contributed by atoms with Crippen molar-refractivity contribution in [1.29, 1.82) is 10.5 Å². The fourth-order valence-electron chi connectivity index (χ4n) is 2.29. The van der Waals surface area contributed by atoms with Gasteiger partial charge in [-0.05, 0) is 0 Å². The smallest absolute Gasteiger partial charge is 0.177 e. The van der Waals surface area contributed by atoms with Gasteiger partial charge in [0.15, 0.2) is 11.4 Å². The summed E-state index contributed by atoms with van der Waals surface area (Å²) in [4.78, 5) is 25.5. The first-order valence-electron chi connectivity index (χ1n) is 6.19. The van der Waals surface area contributed by atoms with E-state index in [0.29, 0.717) is 33.1 Å². The van der Waals surface area contributed by atoms with E-state index < -0.39 is 0 Å². The summed E-state index contributed by atoms with van der Waals surface area (Å²) in [6.45, 7) is 0. The van der Waals surface area contributed by atoms with Gasteiger partial charge in [-0.15, -0.1) is 0 Å². The molecule has 0 fully saturated rings. The van der Waals surface area contributed by atoms with Crippen molar-refractivity contribution < 1.29 is 0 Å². The normalized spacial score (nSPS) is 10.6. The molecule has 0 saturated carbocycles. The van der Waals surface area contributed by atoms with Gasteiger partial charge in [-0.25, -0.2) is 9.97 Å². The highest BCUT2D eigenvalue weighted by molar-refractivity contribution is 6.17. The van der Waals surface area contributed by atoms with Crippen molar-refractivity contribution in [2.75, 3.05) is 0 Å². The Morgan fingerprint density at radius 3 is 1.18 bits per heavy atom. The predicted molar refractivity (Wildman–Crippen MR) is 75.2 cm³/mol. The highest BCUT2D eigenvalue weighted by atomic mass is 14.9. The van der Waals surface area contributed by atoms with E-state index in [1.807, 2.05) is 12.1 Å². The van der Waals surface area contributed by atoms with Gasteiger partial charge in [-0.3, -0.25) is 19.9 Å². The molecule has 0 saturated heterocycles. The zero-order valence-electron chi connectivity index (χ0n) is 10.9. The SMILES string of the molecule is N#Cc1nc2c3nccnc3c3nccnc3c2nc1C#N. The molecule has 0 N–H and O–H groups in total. The number of nitriles is 2. The zero-order valence-corrected chi connectivity index (χ0v) is 10.9. The molecular formula is C14H4N8. The standard InChI is InChI=1S/C14H4N8/c15-5-7-8(6-16)22-14-12-10(18-2-4-20-12)9-11(13(14)21-7)19-3-1-17-9/h1-4H. The van der Waals surface area contributed by atoms with Gasteiger partial charge in [-0.2, -0.15) is 10.5 Å². The number of fused-ring (bicyclic) bond motifs is 6. The van der Waals surface area contributed by atoms with Crippen LogP contribution >= 0.6 is 0 Å². The largest absolute Gasteiger partial charge is 0.251 e. The lowest BCUT2D eigenvalue weighted by molar-refractivity contribution is 1.19. The van der Waals surface area contributed by atoms with Crippen LogP contribution in [0.5, 0.6) is 0 Å². The van der Waals surface area contributed by atoms with Crippen LogP contribution in [-0.2, 0) is 0 Å². The fraction of sp³-hybridized carbons (Fsp3) is 0. The number of hydrogen-bond acceptors (Lipinski definition) is 8. The molecule has 0 amide bonds. The lowest BCUT2D eigenvalue weighted by atomic mass is 10.2. The van der Waals surface area contributed by atoms with Crippen molar-refractivity contribution in [3.8, 4) is 12.1 Å². The van der Waals surface area contributed by atoms with E-state index in [-0.39, 0.29) is 11.4 Å². The molecule has 8 nitrogen and oxygen atoms in total. The third-order valence-corrected chi connectivity index (χ3v) is 3.18. The maximum atomic E-state index is 9.13. The third-order valence-electron chi connectivity index (χ3n) is 3.18. The van der Waals surface area contributed by atoms with E-state index >= 15 is 0 Å². The maximum Gasteiger partial charge on any atom is 0.177 e. The minimum absolute atomic E-state index is 0.0507. The van der Waals surface area contributed by atoms with E-state index in [1.165, 1.54) is 12.4 Å². The molecule has 0 unspecified atom stereocenters. The highest BCUT2D eigenvalue weighted by Gasteiger charge is 2.17. The Morgan fingerprint density at radius 2 is 0.864 bits per heavy atom. The first kappa shape index (κ1) is 12.0. The molecule has 4 aromatic rings. The van der Waals surface area contributed by atoms with Crippen LogP contribution < -0.4 is 0 Å². The van der Waals surface area contributed by atoms with E-state index in [0.717, 1.165) is 0 Å². The van der Waals surface area contributed by atoms with Crippen LogP contribution in [-0.4, -0.2) is 29.9 Å². The van der Waals surface area contributed by atoms with E-state index in [1.54, 1.807) is 12.4 Å². The first-order valence-corrected chi connectivity index (χ1v) is 6.19. The Balaban J connectivity index is 2.39. The van der Waals surface area contributed by atoms with Crippen LogP contribution in [0.2, 0.25) is 0 Å². The van der Waals surface area contributed by atoms with Crippen LogP contribution in [0.3, 0.4) is 0 Å². The molecule has 1 aromatic carbocycles. The molecule has 22 heavy (non-hydrogen) atoms. The monoisotopic (exact) mass is 284 g/mol. The summed E-state index contributed by atoms with van der Waals surface area (Å²) >= 11 is 0. The molecule has 3 heterocycles. The fourth-order valence-corrected chi connectivity index (χ4v) is 2.29. The summed E-state index contributed by atoms with van der Waals surface area (Å²) in [7, 11) is 0. The van der Waals surface area contributed by atoms with Crippen molar-refractivity contribution in [2.24, 2.45) is 0 Å². The molecule has 100 valence electrons. The molecular weight excluding hydrogens is 280 g/mol. The molecule has 0 spiro atoms. The summed E-state index contributed by atoms with van der Waals surface area (Å²) in [6.07, 6.45) is 6.14. The van der Waals surface area contributed by atoms with Crippen molar-refractivity contribution in [2.45, 2.75) is 0 Å². The Bertz CT molecular complexity index is 1060. The molecule has 0 aliphatic heterocycles. The Morgan fingerprint density at radius 1 is 0.545 bits per heavy atom. The molecule has 3 aromatic heterocycles. The zero-order chi connectivity index (χ0) is 15.1. The van der Waals surface area contributed by atoms with Gasteiger partial charge in [-0.1, -0.05) is 0 Å². The van der Waals surface area contributed by atoms with Gasteiger partial charge >= 0.3 is 0 Å². The number of hydrogen-bond donors (Lipinski definition) is 0. The second kappa shape index (κ2) is 4.36. The second-order valence-corrected chi connectivity index (χ2v) is 4.35. The van der Waals surface area contributed by atoms with Gasteiger partial charge in [0.1, 0.15) is 45.2 Å². The predicted octanol–water partition coefficient (Wildman–Crippen LogP) is 1.26. The Hall–Kier alpha value is -3.78. The maximum absolute atomic E-state index is 9.13. The number of aromatic nitrogens is 6. The van der Waals surface area contributed by atoms with Gasteiger partial charge in [0, 0.05) is 24.8 Å². The second-order valence-electron chi connectivity index (χ2n) is 4.35. The van der Waals surface area contributed by atoms with Gasteiger partial charge < -0.3 is 0 Å². The number of nitrogens with zero attached hydrogens (tertiary/aromatic N) is 8. The average molecular weight is 284 g/mol. The Kier molecular flexibility index (Phi) is 2.38. The molecule has 0 radical (unpaired) electrons. The summed E-state index contributed by atoms with van der Waals surface area (Å²) in [5.41, 5.74) is 2.66. The van der Waals surface area contributed by atoms with Crippen molar-refractivity contribution in [3.63, 3.8) is 0 Å². The van der Waals surface area contributed by atoms with Crippen LogP contribution in [0.15, 0.2) is 24.8 Å². The van der Waals surface area contributed by atoms with Crippen LogP contribution in [0.1, 0.15) is 11.4 Å². The quantitative estimate of drug-likeness (QED) is 0.442. The van der Waals surface area contributed by atoms with Gasteiger partial charge in [0.2, 0.25) is 0 Å². The summed E-state index contributed by atoms with van der Waals surface area (Å²) in [6, 6.07) is 3.74. The average Bonchev–Trinajstić information content (AvgIpc) is 2.60. The number of benzene rings is 1. The third kappa shape index (κ3) is 1.49. The first-order chi connectivity index (χ1) is 10.8. The minimum atomic E-state index is -0.0507. The van der Waals surface area contributed by atoms with Crippen LogP contribution in [0.25, 0.3) is 33.1 Å². The summed E-state index contributed by atoms with van der Waals surface area (Å²) in [5, 5.41) is 18.3. The molecule has 0 aliphatic rings. The molecule has 0 bridgehead atoms. The van der Waals surface area contributed by atoms with Crippen molar-refractivity contribution >= 4 is 33.1 Å². The molecule has 0 atom stereocenters. The molecule has 4 rings (SSSR count). The van der Waals surface area contributed by atoms with Crippen LogP contribution in [0, 0.1) is 22.7 Å². The van der Waals surface area contributed by atoms with E-state index in [4.69, 9.17) is 10.5 Å². The highest BCUT2D eigenvalue weighted by Crippen LogP contribution is 2.28. The number of rotatable bonds is 0. The topological polar surface area (TPSA) is 125 Å². The minimum Gasteiger partial charge on any atom is -0.251 e. The lowest BCUT2D eigenvalue weighted by Gasteiger charge is -2.06. The van der Waals surface area contributed by atoms with Gasteiger partial charge in [0.05, 0.1) is 0 Å². The van der Waals surface area contributed by atoms with E-state index in [2.05, 4.69) is 29.9 Å².